The molecule has 0 saturated carbocycles. The van der Waals surface area contributed by atoms with Crippen LogP contribution < -0.4 is 4.74 Å². The first-order valence-corrected chi connectivity index (χ1v) is 4.43. The summed E-state index contributed by atoms with van der Waals surface area (Å²) in [5, 5.41) is 0. The number of pyridine rings is 1. The third-order valence-electron chi connectivity index (χ3n) is 1.65. The lowest BCUT2D eigenvalue weighted by molar-refractivity contribution is 0.278. The summed E-state index contributed by atoms with van der Waals surface area (Å²) in [7, 11) is 0. The summed E-state index contributed by atoms with van der Waals surface area (Å²) in [6, 6.07) is 2.88. The molecule has 2 nitrogen and oxygen atoms in total. The lowest BCUT2D eigenvalue weighted by atomic mass is 10.1. The van der Waals surface area contributed by atoms with E-state index >= 15 is 0 Å². The van der Waals surface area contributed by atoms with E-state index in [0.29, 0.717) is 18.4 Å². The Morgan fingerprint density at radius 2 is 2.23 bits per heavy atom. The second-order valence-electron chi connectivity index (χ2n) is 3.35. The van der Waals surface area contributed by atoms with Crippen LogP contribution in [0.2, 0.25) is 0 Å². The van der Waals surface area contributed by atoms with Crippen LogP contribution in [0.4, 0.5) is 4.39 Å². The SMILES string of the molecule is CC(C)CCOc1ccc(F)cn1. The van der Waals surface area contributed by atoms with Crippen molar-refractivity contribution >= 4 is 0 Å². The van der Waals surface area contributed by atoms with Crippen LogP contribution in [-0.4, -0.2) is 11.6 Å². The highest BCUT2D eigenvalue weighted by atomic mass is 19.1. The molecular formula is C10H14FNO. The van der Waals surface area contributed by atoms with Crippen molar-refractivity contribution in [1.82, 2.24) is 4.98 Å². The molecule has 0 fully saturated rings. The maximum absolute atomic E-state index is 12.4. The molecule has 72 valence electrons. The molecule has 0 atom stereocenters. The summed E-state index contributed by atoms with van der Waals surface area (Å²) in [5.41, 5.74) is 0. The van der Waals surface area contributed by atoms with Crippen molar-refractivity contribution in [2.24, 2.45) is 5.92 Å². The third kappa shape index (κ3) is 3.87. The minimum absolute atomic E-state index is 0.337. The fourth-order valence-electron chi connectivity index (χ4n) is 0.847. The van der Waals surface area contributed by atoms with Gasteiger partial charge in [0.05, 0.1) is 12.8 Å². The van der Waals surface area contributed by atoms with Crippen molar-refractivity contribution in [2.45, 2.75) is 20.3 Å². The lowest BCUT2D eigenvalue weighted by Crippen LogP contribution is -2.02. The van der Waals surface area contributed by atoms with Crippen LogP contribution in [0, 0.1) is 11.7 Å². The van der Waals surface area contributed by atoms with E-state index in [1.165, 1.54) is 12.1 Å². The van der Waals surface area contributed by atoms with Crippen molar-refractivity contribution in [3.8, 4) is 5.88 Å². The van der Waals surface area contributed by atoms with Crippen LogP contribution in [0.25, 0.3) is 0 Å². The van der Waals surface area contributed by atoms with E-state index in [0.717, 1.165) is 12.6 Å². The quantitative estimate of drug-likeness (QED) is 0.715. The van der Waals surface area contributed by atoms with Gasteiger partial charge in [-0.05, 0) is 18.4 Å². The normalized spacial score (nSPS) is 10.5. The van der Waals surface area contributed by atoms with E-state index in [1.54, 1.807) is 0 Å². The molecule has 0 aliphatic rings. The summed E-state index contributed by atoms with van der Waals surface area (Å²) >= 11 is 0. The van der Waals surface area contributed by atoms with Gasteiger partial charge in [0.15, 0.2) is 0 Å². The Morgan fingerprint density at radius 3 is 2.77 bits per heavy atom. The number of halogens is 1. The molecule has 0 aliphatic heterocycles. The van der Waals surface area contributed by atoms with Gasteiger partial charge < -0.3 is 4.74 Å². The highest BCUT2D eigenvalue weighted by Gasteiger charge is 1.97. The Kier molecular flexibility index (Phi) is 3.68. The van der Waals surface area contributed by atoms with E-state index in [4.69, 9.17) is 4.74 Å². The Bertz CT molecular complexity index is 246. The molecule has 0 spiro atoms. The minimum Gasteiger partial charge on any atom is -0.478 e. The largest absolute Gasteiger partial charge is 0.478 e. The molecule has 3 heteroatoms. The van der Waals surface area contributed by atoms with Crippen molar-refractivity contribution in [3.05, 3.63) is 24.1 Å². The third-order valence-corrected chi connectivity index (χ3v) is 1.65. The number of hydrogen-bond acceptors (Lipinski definition) is 2. The molecule has 0 radical (unpaired) electrons. The van der Waals surface area contributed by atoms with Crippen LogP contribution >= 0.6 is 0 Å². The topological polar surface area (TPSA) is 22.1 Å². The molecule has 1 heterocycles. The van der Waals surface area contributed by atoms with Gasteiger partial charge in [-0.2, -0.15) is 0 Å². The molecule has 0 N–H and O–H groups in total. The second kappa shape index (κ2) is 4.80. The summed E-state index contributed by atoms with van der Waals surface area (Å²) in [6.07, 6.45) is 2.14. The summed E-state index contributed by atoms with van der Waals surface area (Å²) in [6.45, 7) is 4.89. The average molecular weight is 183 g/mol. The number of aromatic nitrogens is 1. The van der Waals surface area contributed by atoms with Crippen LogP contribution in [-0.2, 0) is 0 Å². The van der Waals surface area contributed by atoms with Gasteiger partial charge in [-0.1, -0.05) is 13.8 Å². The standard InChI is InChI=1S/C10H14FNO/c1-8(2)5-6-13-10-4-3-9(11)7-12-10/h3-4,7-8H,5-6H2,1-2H3. The first-order chi connectivity index (χ1) is 6.18. The van der Waals surface area contributed by atoms with Crippen LogP contribution in [0.1, 0.15) is 20.3 Å². The molecule has 0 amide bonds. The van der Waals surface area contributed by atoms with E-state index in [-0.39, 0.29) is 5.82 Å². The van der Waals surface area contributed by atoms with Gasteiger partial charge in [0.2, 0.25) is 5.88 Å². The van der Waals surface area contributed by atoms with E-state index in [2.05, 4.69) is 18.8 Å². The Balaban J connectivity index is 2.33. The van der Waals surface area contributed by atoms with Gasteiger partial charge in [-0.25, -0.2) is 9.37 Å². The number of hydrogen-bond donors (Lipinski definition) is 0. The first kappa shape index (κ1) is 9.96. The number of nitrogens with zero attached hydrogens (tertiary/aromatic N) is 1. The fraction of sp³-hybridized carbons (Fsp3) is 0.500. The molecule has 1 aromatic rings. The number of ether oxygens (including phenoxy) is 1. The van der Waals surface area contributed by atoms with Crippen LogP contribution in [0.15, 0.2) is 18.3 Å². The molecule has 0 unspecified atom stereocenters. The van der Waals surface area contributed by atoms with Crippen LogP contribution in [0.3, 0.4) is 0 Å². The van der Waals surface area contributed by atoms with Gasteiger partial charge in [-0.15, -0.1) is 0 Å². The highest BCUT2D eigenvalue weighted by molar-refractivity contribution is 5.10. The van der Waals surface area contributed by atoms with Crippen molar-refractivity contribution in [3.63, 3.8) is 0 Å². The smallest absolute Gasteiger partial charge is 0.213 e. The molecule has 1 aromatic heterocycles. The zero-order chi connectivity index (χ0) is 9.68. The van der Waals surface area contributed by atoms with Crippen molar-refractivity contribution < 1.29 is 9.13 Å². The molecule has 0 saturated heterocycles. The van der Waals surface area contributed by atoms with Crippen molar-refractivity contribution in [1.29, 1.82) is 0 Å². The van der Waals surface area contributed by atoms with Gasteiger partial charge in [0, 0.05) is 6.07 Å². The molecule has 1 rings (SSSR count). The monoisotopic (exact) mass is 183 g/mol. The van der Waals surface area contributed by atoms with Crippen LogP contribution in [0.5, 0.6) is 5.88 Å². The first-order valence-electron chi connectivity index (χ1n) is 4.43. The highest BCUT2D eigenvalue weighted by Crippen LogP contribution is 2.07. The molecular weight excluding hydrogens is 169 g/mol. The van der Waals surface area contributed by atoms with Gasteiger partial charge >= 0.3 is 0 Å². The second-order valence-corrected chi connectivity index (χ2v) is 3.35. The predicted octanol–water partition coefficient (Wildman–Crippen LogP) is 2.65. The van der Waals surface area contributed by atoms with Gasteiger partial charge in [0.25, 0.3) is 0 Å². The summed E-state index contributed by atoms with van der Waals surface area (Å²) in [5.74, 6) is 0.763. The summed E-state index contributed by atoms with van der Waals surface area (Å²) in [4.78, 5) is 3.78. The number of rotatable bonds is 4. The molecule has 0 bridgehead atoms. The molecule has 0 aliphatic carbocycles. The van der Waals surface area contributed by atoms with E-state index in [1.807, 2.05) is 0 Å². The maximum Gasteiger partial charge on any atom is 0.213 e. The van der Waals surface area contributed by atoms with Gasteiger partial charge in [0.1, 0.15) is 5.82 Å². The minimum atomic E-state index is -0.337. The average Bonchev–Trinajstić information content (AvgIpc) is 2.08. The predicted molar refractivity (Wildman–Crippen MR) is 49.1 cm³/mol. The van der Waals surface area contributed by atoms with E-state index in [9.17, 15) is 4.39 Å². The molecule has 0 aromatic carbocycles. The van der Waals surface area contributed by atoms with Crippen molar-refractivity contribution in [2.75, 3.05) is 6.61 Å². The van der Waals surface area contributed by atoms with E-state index < -0.39 is 0 Å². The maximum atomic E-state index is 12.4. The summed E-state index contributed by atoms with van der Waals surface area (Å²) < 4.78 is 17.7. The Hall–Kier alpha value is -1.12. The fourth-order valence-corrected chi connectivity index (χ4v) is 0.847. The zero-order valence-corrected chi connectivity index (χ0v) is 7.96. The lowest BCUT2D eigenvalue weighted by Gasteiger charge is -2.06. The van der Waals surface area contributed by atoms with Gasteiger partial charge in [-0.3, -0.25) is 0 Å². The Morgan fingerprint density at radius 1 is 1.46 bits per heavy atom. The zero-order valence-electron chi connectivity index (χ0n) is 7.96. The molecule has 13 heavy (non-hydrogen) atoms. The Labute approximate surface area is 77.8 Å².